The van der Waals surface area contributed by atoms with E-state index in [1.165, 1.54) is 17.5 Å². The fraction of sp³-hybridized carbons (Fsp3) is 0.714. The Bertz CT molecular complexity index is 526. The van der Waals surface area contributed by atoms with Crippen LogP contribution in [-0.2, 0) is 6.54 Å². The number of halogens is 1. The molecule has 0 bridgehead atoms. The van der Waals surface area contributed by atoms with Crippen LogP contribution in [-0.4, -0.2) is 28.9 Å². The van der Waals surface area contributed by atoms with Gasteiger partial charge in [-0.05, 0) is 47.7 Å². The van der Waals surface area contributed by atoms with Gasteiger partial charge in [-0.1, -0.05) is 13.8 Å². The summed E-state index contributed by atoms with van der Waals surface area (Å²) in [5.41, 5.74) is 0.944. The second-order valence-electron chi connectivity index (χ2n) is 5.97. The summed E-state index contributed by atoms with van der Waals surface area (Å²) in [5.74, 6) is 0. The highest BCUT2D eigenvalue weighted by atomic mass is 79.9. The summed E-state index contributed by atoms with van der Waals surface area (Å²) in [6.45, 7) is 8.91. The minimum absolute atomic E-state index is 0.0895. The van der Waals surface area contributed by atoms with Crippen molar-refractivity contribution in [1.29, 1.82) is 0 Å². The minimum atomic E-state index is -0.0895. The summed E-state index contributed by atoms with van der Waals surface area (Å²) in [6, 6.07) is 0.400. The van der Waals surface area contributed by atoms with Crippen molar-refractivity contribution in [2.24, 2.45) is 5.41 Å². The number of aromatic nitrogens is 2. The quantitative estimate of drug-likeness (QED) is 0.880. The number of rotatable bonds is 4. The highest BCUT2D eigenvalue weighted by Gasteiger charge is 2.31. The Kier molecular flexibility index (Phi) is 4.86. The first-order chi connectivity index (χ1) is 9.45. The van der Waals surface area contributed by atoms with E-state index in [-0.39, 0.29) is 11.0 Å². The maximum Gasteiger partial charge on any atom is 0.283 e. The van der Waals surface area contributed by atoms with Crippen molar-refractivity contribution in [3.05, 3.63) is 21.0 Å². The monoisotopic (exact) mass is 342 g/mol. The van der Waals surface area contributed by atoms with Crippen molar-refractivity contribution < 1.29 is 0 Å². The summed E-state index contributed by atoms with van der Waals surface area (Å²) in [7, 11) is 0. The third kappa shape index (κ3) is 3.23. The molecule has 2 rings (SSSR count). The molecule has 1 aromatic rings. The molecule has 112 valence electrons. The Labute approximate surface area is 128 Å². The fourth-order valence-electron chi connectivity index (χ4n) is 2.64. The standard InChI is InChI=1S/C14H23BrN4O/c1-4-19-13(20)12(15)10(8-18-19)17-9-11-14(2,3)6-5-7-16-11/h8,11,16-17H,4-7,9H2,1-3H3. The van der Waals surface area contributed by atoms with Crippen molar-refractivity contribution >= 4 is 21.6 Å². The molecule has 1 fully saturated rings. The highest BCUT2D eigenvalue weighted by molar-refractivity contribution is 9.10. The molecular weight excluding hydrogens is 320 g/mol. The smallest absolute Gasteiger partial charge is 0.283 e. The number of hydrogen-bond acceptors (Lipinski definition) is 4. The lowest BCUT2D eigenvalue weighted by atomic mass is 9.77. The molecule has 1 unspecified atom stereocenters. The third-order valence-corrected chi connectivity index (χ3v) is 4.88. The van der Waals surface area contributed by atoms with Gasteiger partial charge in [0.1, 0.15) is 4.47 Å². The lowest BCUT2D eigenvalue weighted by Crippen LogP contribution is -2.50. The van der Waals surface area contributed by atoms with E-state index in [1.54, 1.807) is 6.20 Å². The van der Waals surface area contributed by atoms with Gasteiger partial charge in [-0.25, -0.2) is 4.68 Å². The maximum absolute atomic E-state index is 12.0. The van der Waals surface area contributed by atoms with Gasteiger partial charge in [-0.15, -0.1) is 0 Å². The van der Waals surface area contributed by atoms with Crippen LogP contribution in [0.1, 0.15) is 33.6 Å². The van der Waals surface area contributed by atoms with Gasteiger partial charge < -0.3 is 10.6 Å². The molecule has 1 aliphatic rings. The van der Waals surface area contributed by atoms with Crippen molar-refractivity contribution in [1.82, 2.24) is 15.1 Å². The normalized spacial score (nSPS) is 21.7. The van der Waals surface area contributed by atoms with Crippen LogP contribution in [0.25, 0.3) is 0 Å². The molecule has 20 heavy (non-hydrogen) atoms. The van der Waals surface area contributed by atoms with Gasteiger partial charge >= 0.3 is 0 Å². The van der Waals surface area contributed by atoms with Crippen LogP contribution in [0.2, 0.25) is 0 Å². The molecule has 0 saturated carbocycles. The Hall–Kier alpha value is -0.880. The number of piperidine rings is 1. The fourth-order valence-corrected chi connectivity index (χ4v) is 3.09. The first-order valence-electron chi connectivity index (χ1n) is 7.18. The number of anilines is 1. The lowest BCUT2D eigenvalue weighted by molar-refractivity contribution is 0.188. The average Bonchev–Trinajstić information content (AvgIpc) is 2.41. The van der Waals surface area contributed by atoms with E-state index in [1.807, 2.05) is 6.92 Å². The summed E-state index contributed by atoms with van der Waals surface area (Å²) < 4.78 is 2.00. The van der Waals surface area contributed by atoms with Crippen LogP contribution in [0.15, 0.2) is 15.5 Å². The molecule has 0 amide bonds. The maximum atomic E-state index is 12.0. The zero-order valence-electron chi connectivity index (χ0n) is 12.4. The van der Waals surface area contributed by atoms with Crippen LogP contribution in [0.3, 0.4) is 0 Å². The van der Waals surface area contributed by atoms with Crippen molar-refractivity contribution in [3.63, 3.8) is 0 Å². The third-order valence-electron chi connectivity index (χ3n) is 4.11. The molecule has 1 aliphatic heterocycles. The molecule has 1 aromatic heterocycles. The summed E-state index contributed by atoms with van der Waals surface area (Å²) in [5, 5.41) is 11.0. The molecule has 6 heteroatoms. The van der Waals surface area contributed by atoms with Gasteiger partial charge in [0.2, 0.25) is 0 Å². The first kappa shape index (κ1) is 15.5. The van der Waals surface area contributed by atoms with E-state index in [9.17, 15) is 4.79 Å². The van der Waals surface area contributed by atoms with Crippen LogP contribution in [0, 0.1) is 5.41 Å². The lowest BCUT2D eigenvalue weighted by Gasteiger charge is -2.39. The molecule has 2 heterocycles. The van der Waals surface area contributed by atoms with Gasteiger partial charge in [0.25, 0.3) is 5.56 Å². The van der Waals surface area contributed by atoms with Crippen LogP contribution in [0.5, 0.6) is 0 Å². The predicted octanol–water partition coefficient (Wildman–Crippen LogP) is 2.22. The Morgan fingerprint density at radius 1 is 1.60 bits per heavy atom. The van der Waals surface area contributed by atoms with Crippen molar-refractivity contribution in [2.45, 2.75) is 46.2 Å². The zero-order valence-corrected chi connectivity index (χ0v) is 14.0. The van der Waals surface area contributed by atoms with E-state index in [0.717, 1.165) is 18.8 Å². The Morgan fingerprint density at radius 3 is 3.00 bits per heavy atom. The summed E-state index contributed by atoms with van der Waals surface area (Å²) >= 11 is 3.37. The second-order valence-corrected chi connectivity index (χ2v) is 6.77. The molecule has 2 N–H and O–H groups in total. The highest BCUT2D eigenvalue weighted by Crippen LogP contribution is 2.30. The molecule has 0 aliphatic carbocycles. The molecule has 0 radical (unpaired) electrons. The van der Waals surface area contributed by atoms with E-state index >= 15 is 0 Å². The van der Waals surface area contributed by atoms with Gasteiger partial charge in [0.15, 0.2) is 0 Å². The van der Waals surface area contributed by atoms with Crippen molar-refractivity contribution in [2.75, 3.05) is 18.4 Å². The topological polar surface area (TPSA) is 59.0 Å². The Balaban J connectivity index is 2.08. The Morgan fingerprint density at radius 2 is 2.35 bits per heavy atom. The molecule has 5 nitrogen and oxygen atoms in total. The summed E-state index contributed by atoms with van der Waals surface area (Å²) in [4.78, 5) is 12.0. The van der Waals surface area contributed by atoms with Crippen molar-refractivity contribution in [3.8, 4) is 0 Å². The SMILES string of the molecule is CCn1ncc(NCC2NCCCC2(C)C)c(Br)c1=O. The van der Waals surface area contributed by atoms with Crippen LogP contribution >= 0.6 is 15.9 Å². The van der Waals surface area contributed by atoms with Gasteiger partial charge in [-0.3, -0.25) is 4.79 Å². The second kappa shape index (κ2) is 6.26. The van der Waals surface area contributed by atoms with Gasteiger partial charge in [-0.2, -0.15) is 5.10 Å². The first-order valence-corrected chi connectivity index (χ1v) is 7.98. The summed E-state index contributed by atoms with van der Waals surface area (Å²) in [6.07, 6.45) is 4.16. The molecule has 1 saturated heterocycles. The predicted molar refractivity (Wildman–Crippen MR) is 85.2 cm³/mol. The number of hydrogen-bond donors (Lipinski definition) is 2. The van der Waals surface area contributed by atoms with E-state index in [2.05, 4.69) is 45.5 Å². The van der Waals surface area contributed by atoms with Crippen LogP contribution in [0.4, 0.5) is 5.69 Å². The van der Waals surface area contributed by atoms with Gasteiger partial charge in [0.05, 0.1) is 11.9 Å². The molecular formula is C14H23BrN4O. The minimum Gasteiger partial charge on any atom is -0.381 e. The largest absolute Gasteiger partial charge is 0.381 e. The van der Waals surface area contributed by atoms with Gasteiger partial charge in [0, 0.05) is 19.1 Å². The molecule has 0 spiro atoms. The molecule has 0 aromatic carbocycles. The number of aryl methyl sites for hydroxylation is 1. The zero-order chi connectivity index (χ0) is 14.8. The van der Waals surface area contributed by atoms with E-state index < -0.39 is 0 Å². The average molecular weight is 343 g/mol. The number of nitrogens with one attached hydrogen (secondary N) is 2. The van der Waals surface area contributed by atoms with E-state index in [0.29, 0.717) is 17.1 Å². The molecule has 1 atom stereocenters. The van der Waals surface area contributed by atoms with E-state index in [4.69, 9.17) is 0 Å². The number of nitrogens with zero attached hydrogens (tertiary/aromatic N) is 2. The van der Waals surface area contributed by atoms with Crippen LogP contribution < -0.4 is 16.2 Å².